The number of thioether (sulfide) groups is 1. The molecular formula is C15H14ClFOS. The molecular weight excluding hydrogens is 283 g/mol. The van der Waals surface area contributed by atoms with Gasteiger partial charge in [-0.15, -0.1) is 11.8 Å². The zero-order valence-electron chi connectivity index (χ0n) is 10.4. The van der Waals surface area contributed by atoms with Crippen molar-refractivity contribution in [3.05, 3.63) is 64.4 Å². The molecule has 2 rings (SSSR count). The maximum Gasteiger partial charge on any atom is 0.145 e. The molecule has 1 atom stereocenters. The van der Waals surface area contributed by atoms with Crippen molar-refractivity contribution in [1.29, 1.82) is 0 Å². The van der Waals surface area contributed by atoms with Gasteiger partial charge >= 0.3 is 0 Å². The van der Waals surface area contributed by atoms with Gasteiger partial charge in [-0.25, -0.2) is 4.39 Å². The number of hydrogen-bond acceptors (Lipinski definition) is 2. The molecule has 0 radical (unpaired) electrons. The molecule has 1 nitrogen and oxygen atoms in total. The Morgan fingerprint density at radius 2 is 1.89 bits per heavy atom. The van der Waals surface area contributed by atoms with E-state index in [0.717, 1.165) is 10.5 Å². The van der Waals surface area contributed by atoms with Gasteiger partial charge in [0, 0.05) is 11.3 Å². The van der Waals surface area contributed by atoms with Crippen molar-refractivity contribution < 1.29 is 9.50 Å². The van der Waals surface area contributed by atoms with E-state index in [9.17, 15) is 9.50 Å². The standard InChI is InChI=1S/C15H14ClFOS/c1-19-12-7-5-10(6-8-12)14(18)9-11-3-2-4-13(16)15(11)17/h2-8,14,18H,9H2,1H3. The molecule has 0 heterocycles. The van der Waals surface area contributed by atoms with E-state index in [2.05, 4.69) is 0 Å². The lowest BCUT2D eigenvalue weighted by atomic mass is 10.0. The Morgan fingerprint density at radius 3 is 2.53 bits per heavy atom. The highest BCUT2D eigenvalue weighted by Crippen LogP contribution is 2.25. The molecule has 0 aromatic heterocycles. The number of benzene rings is 2. The summed E-state index contributed by atoms with van der Waals surface area (Å²) in [5.41, 5.74) is 1.20. The molecule has 0 spiro atoms. The zero-order chi connectivity index (χ0) is 13.8. The fourth-order valence-electron chi connectivity index (χ4n) is 1.86. The second kappa shape index (κ2) is 6.42. The molecule has 0 aliphatic rings. The maximum atomic E-state index is 13.8. The van der Waals surface area contributed by atoms with E-state index in [0.29, 0.717) is 5.56 Å². The minimum absolute atomic E-state index is 0.0856. The molecule has 0 fully saturated rings. The predicted octanol–water partition coefficient (Wildman–Crippen LogP) is 4.48. The zero-order valence-corrected chi connectivity index (χ0v) is 12.0. The summed E-state index contributed by atoms with van der Waals surface area (Å²) in [5, 5.41) is 10.2. The first-order valence-electron chi connectivity index (χ1n) is 5.86. The summed E-state index contributed by atoms with van der Waals surface area (Å²) in [6.45, 7) is 0. The molecule has 0 saturated heterocycles. The molecule has 2 aromatic carbocycles. The van der Waals surface area contributed by atoms with Crippen molar-refractivity contribution in [3.8, 4) is 0 Å². The van der Waals surface area contributed by atoms with Crippen LogP contribution in [0, 0.1) is 5.82 Å². The summed E-state index contributed by atoms with van der Waals surface area (Å²) in [5.74, 6) is -0.455. The molecule has 0 saturated carbocycles. The van der Waals surface area contributed by atoms with Gasteiger partial charge in [0.2, 0.25) is 0 Å². The van der Waals surface area contributed by atoms with Crippen LogP contribution in [-0.4, -0.2) is 11.4 Å². The Morgan fingerprint density at radius 1 is 1.21 bits per heavy atom. The minimum atomic E-state index is -0.733. The highest BCUT2D eigenvalue weighted by Gasteiger charge is 2.13. The van der Waals surface area contributed by atoms with E-state index in [4.69, 9.17) is 11.6 Å². The fraction of sp³-hybridized carbons (Fsp3) is 0.200. The van der Waals surface area contributed by atoms with Crippen LogP contribution in [0.25, 0.3) is 0 Å². The number of halogens is 2. The van der Waals surface area contributed by atoms with E-state index in [1.54, 1.807) is 23.9 Å². The van der Waals surface area contributed by atoms with Crippen LogP contribution in [0.15, 0.2) is 47.4 Å². The minimum Gasteiger partial charge on any atom is -0.388 e. The SMILES string of the molecule is CSc1ccc(C(O)Cc2cccc(Cl)c2F)cc1. The third kappa shape index (κ3) is 3.50. The lowest BCUT2D eigenvalue weighted by Crippen LogP contribution is -2.03. The molecule has 1 N–H and O–H groups in total. The van der Waals surface area contributed by atoms with Crippen molar-refractivity contribution in [2.24, 2.45) is 0 Å². The van der Waals surface area contributed by atoms with E-state index >= 15 is 0 Å². The lowest BCUT2D eigenvalue weighted by molar-refractivity contribution is 0.177. The van der Waals surface area contributed by atoms with Gasteiger partial charge in [0.15, 0.2) is 0 Å². The summed E-state index contributed by atoms with van der Waals surface area (Å²) < 4.78 is 13.8. The van der Waals surface area contributed by atoms with Gasteiger partial charge in [-0.3, -0.25) is 0 Å². The van der Waals surface area contributed by atoms with Crippen LogP contribution in [-0.2, 0) is 6.42 Å². The summed E-state index contributed by atoms with van der Waals surface area (Å²) in [7, 11) is 0. The van der Waals surface area contributed by atoms with Crippen molar-refractivity contribution in [1.82, 2.24) is 0 Å². The van der Waals surface area contributed by atoms with Crippen LogP contribution in [0.4, 0.5) is 4.39 Å². The molecule has 0 amide bonds. The van der Waals surface area contributed by atoms with Crippen molar-refractivity contribution in [2.75, 3.05) is 6.26 Å². The average molecular weight is 297 g/mol. The second-order valence-corrected chi connectivity index (χ2v) is 5.49. The van der Waals surface area contributed by atoms with Gasteiger partial charge < -0.3 is 5.11 Å². The van der Waals surface area contributed by atoms with Crippen LogP contribution >= 0.6 is 23.4 Å². The molecule has 0 aliphatic carbocycles. The predicted molar refractivity (Wildman–Crippen MR) is 78.3 cm³/mol. The summed E-state index contributed by atoms with van der Waals surface area (Å²) >= 11 is 7.36. The molecule has 100 valence electrons. The van der Waals surface area contributed by atoms with Crippen LogP contribution in [0.5, 0.6) is 0 Å². The van der Waals surface area contributed by atoms with E-state index < -0.39 is 11.9 Å². The first-order valence-corrected chi connectivity index (χ1v) is 7.47. The lowest BCUT2D eigenvalue weighted by Gasteiger charge is -2.12. The van der Waals surface area contributed by atoms with Gasteiger partial charge in [0.1, 0.15) is 5.82 Å². The first-order chi connectivity index (χ1) is 9.11. The Balaban J connectivity index is 2.15. The topological polar surface area (TPSA) is 20.2 Å². The highest BCUT2D eigenvalue weighted by molar-refractivity contribution is 7.98. The van der Waals surface area contributed by atoms with Crippen LogP contribution in [0.2, 0.25) is 5.02 Å². The third-order valence-electron chi connectivity index (χ3n) is 2.95. The molecule has 2 aromatic rings. The van der Waals surface area contributed by atoms with Crippen molar-refractivity contribution >= 4 is 23.4 Å². The molecule has 1 unspecified atom stereocenters. The van der Waals surface area contributed by atoms with E-state index in [-0.39, 0.29) is 11.4 Å². The van der Waals surface area contributed by atoms with Crippen LogP contribution < -0.4 is 0 Å². The summed E-state index contributed by atoms with van der Waals surface area (Å²) in [4.78, 5) is 1.13. The molecule has 19 heavy (non-hydrogen) atoms. The smallest absolute Gasteiger partial charge is 0.145 e. The second-order valence-electron chi connectivity index (χ2n) is 4.21. The Kier molecular flexibility index (Phi) is 4.86. The Labute approximate surface area is 121 Å². The largest absolute Gasteiger partial charge is 0.388 e. The van der Waals surface area contributed by atoms with Crippen LogP contribution in [0.1, 0.15) is 17.2 Å². The fourth-order valence-corrected chi connectivity index (χ4v) is 2.46. The first kappa shape index (κ1) is 14.4. The van der Waals surface area contributed by atoms with Gasteiger partial charge in [0.05, 0.1) is 11.1 Å². The molecule has 0 aliphatic heterocycles. The van der Waals surface area contributed by atoms with Gasteiger partial charge in [-0.2, -0.15) is 0 Å². The quantitative estimate of drug-likeness (QED) is 0.840. The number of aliphatic hydroxyl groups is 1. The summed E-state index contributed by atoms with van der Waals surface area (Å²) in [6.07, 6.45) is 1.47. The number of rotatable bonds is 4. The number of aliphatic hydroxyl groups excluding tert-OH is 1. The highest BCUT2D eigenvalue weighted by atomic mass is 35.5. The van der Waals surface area contributed by atoms with Gasteiger partial charge in [0.25, 0.3) is 0 Å². The average Bonchev–Trinajstić information content (AvgIpc) is 2.44. The monoisotopic (exact) mass is 296 g/mol. The molecule has 4 heteroatoms. The summed E-state index contributed by atoms with van der Waals surface area (Å²) in [6, 6.07) is 12.4. The normalized spacial score (nSPS) is 12.4. The Bertz CT molecular complexity index is 557. The van der Waals surface area contributed by atoms with Gasteiger partial charge in [-0.1, -0.05) is 35.9 Å². The van der Waals surface area contributed by atoms with Gasteiger partial charge in [-0.05, 0) is 35.6 Å². The van der Waals surface area contributed by atoms with Crippen molar-refractivity contribution in [2.45, 2.75) is 17.4 Å². The maximum absolute atomic E-state index is 13.8. The molecule has 0 bridgehead atoms. The van der Waals surface area contributed by atoms with Crippen molar-refractivity contribution in [3.63, 3.8) is 0 Å². The van der Waals surface area contributed by atoms with E-state index in [1.807, 2.05) is 30.5 Å². The van der Waals surface area contributed by atoms with E-state index in [1.165, 1.54) is 6.07 Å². The number of hydrogen-bond donors (Lipinski definition) is 1. The Hall–Kier alpha value is -1.03. The third-order valence-corrected chi connectivity index (χ3v) is 3.98. The van der Waals surface area contributed by atoms with Crippen LogP contribution in [0.3, 0.4) is 0 Å².